The molecular weight excluding hydrogens is 186 g/mol. The van der Waals surface area contributed by atoms with Crippen molar-refractivity contribution in [1.29, 1.82) is 0 Å². The fraction of sp³-hybridized carbons (Fsp3) is 0.833. The molecule has 4 N–H and O–H groups in total. The van der Waals surface area contributed by atoms with Gasteiger partial charge in [-0.1, -0.05) is 0 Å². The maximum absolute atomic E-state index is 10.2. The molecule has 0 saturated carbocycles. The lowest BCUT2D eigenvalue weighted by Gasteiger charge is -2.20. The number of carboxylic acid groups (broad SMARTS) is 1. The molecule has 0 amide bonds. The Bertz CT molecular complexity index is 135. The number of halogens is 1. The number of carbonyl (C=O) groups is 1. The lowest BCUT2D eigenvalue weighted by atomic mass is 10.0. The topological polar surface area (TPSA) is 64.9 Å². The molecule has 11 heavy (non-hydrogen) atoms. The SMILES string of the molecule is CC(C)(S)C([NH3+])CC(=O)O.[Cl-]. The lowest BCUT2D eigenvalue weighted by Crippen LogP contribution is -3.00. The van der Waals surface area contributed by atoms with E-state index in [2.05, 4.69) is 18.4 Å². The van der Waals surface area contributed by atoms with Gasteiger partial charge >= 0.3 is 5.97 Å². The van der Waals surface area contributed by atoms with Crippen LogP contribution in [0.25, 0.3) is 0 Å². The fourth-order valence-corrected chi connectivity index (χ4v) is 0.552. The molecule has 0 bridgehead atoms. The van der Waals surface area contributed by atoms with E-state index in [1.54, 1.807) is 0 Å². The van der Waals surface area contributed by atoms with Gasteiger partial charge in [0.25, 0.3) is 0 Å². The Balaban J connectivity index is 0. The van der Waals surface area contributed by atoms with Crippen LogP contribution in [-0.2, 0) is 4.79 Å². The van der Waals surface area contributed by atoms with E-state index in [1.807, 2.05) is 13.8 Å². The lowest BCUT2D eigenvalue weighted by molar-refractivity contribution is -0.425. The standard InChI is InChI=1S/C6H13NO2S.ClH/c1-6(2,10)4(7)3-5(8)9;/h4,10H,3,7H2,1-2H3,(H,8,9);1H. The first kappa shape index (κ1) is 13.6. The monoisotopic (exact) mass is 199 g/mol. The van der Waals surface area contributed by atoms with Gasteiger partial charge in [-0.2, -0.15) is 12.6 Å². The van der Waals surface area contributed by atoms with Gasteiger partial charge in [0, 0.05) is 0 Å². The number of hydrogen-bond donors (Lipinski definition) is 3. The predicted molar refractivity (Wildman–Crippen MR) is 42.0 cm³/mol. The second-order valence-electron chi connectivity index (χ2n) is 2.95. The van der Waals surface area contributed by atoms with Crippen LogP contribution in [0.1, 0.15) is 20.3 Å². The van der Waals surface area contributed by atoms with Gasteiger partial charge in [-0.15, -0.1) is 0 Å². The minimum absolute atomic E-state index is 0. The molecule has 0 saturated heterocycles. The summed E-state index contributed by atoms with van der Waals surface area (Å²) >= 11 is 4.20. The van der Waals surface area contributed by atoms with Crippen molar-refractivity contribution in [3.8, 4) is 0 Å². The van der Waals surface area contributed by atoms with Crippen LogP contribution in [0.2, 0.25) is 0 Å². The van der Waals surface area contributed by atoms with Crippen LogP contribution in [0.4, 0.5) is 0 Å². The zero-order chi connectivity index (χ0) is 8.36. The molecule has 0 aliphatic carbocycles. The Labute approximate surface area is 78.2 Å². The third-order valence-electron chi connectivity index (χ3n) is 1.42. The molecule has 0 aliphatic rings. The molecule has 0 aliphatic heterocycles. The van der Waals surface area contributed by atoms with E-state index in [4.69, 9.17) is 5.11 Å². The number of aliphatic carboxylic acids is 1. The third-order valence-corrected chi connectivity index (χ3v) is 1.79. The smallest absolute Gasteiger partial charge is 0.309 e. The summed E-state index contributed by atoms with van der Waals surface area (Å²) in [6, 6.07) is -0.145. The van der Waals surface area contributed by atoms with Crippen LogP contribution in [0.5, 0.6) is 0 Å². The van der Waals surface area contributed by atoms with E-state index in [0.717, 1.165) is 0 Å². The summed E-state index contributed by atoms with van der Waals surface area (Å²) in [5.74, 6) is -0.817. The number of hydrogen-bond acceptors (Lipinski definition) is 2. The maximum Gasteiger partial charge on any atom is 0.309 e. The molecule has 0 radical (unpaired) electrons. The van der Waals surface area contributed by atoms with E-state index in [0.29, 0.717) is 0 Å². The molecule has 0 aromatic heterocycles. The normalized spacial score (nSPS) is 13.5. The van der Waals surface area contributed by atoms with Crippen molar-refractivity contribution in [3.63, 3.8) is 0 Å². The molecule has 0 fully saturated rings. The molecule has 68 valence electrons. The minimum atomic E-state index is -0.817. The molecule has 0 spiro atoms. The Morgan fingerprint density at radius 3 is 2.18 bits per heavy atom. The summed E-state index contributed by atoms with van der Waals surface area (Å²) in [6.45, 7) is 3.72. The fourth-order valence-electron chi connectivity index (χ4n) is 0.461. The first-order chi connectivity index (χ1) is 4.34. The molecule has 0 rings (SSSR count). The van der Waals surface area contributed by atoms with Crippen molar-refractivity contribution in [1.82, 2.24) is 0 Å². The van der Waals surface area contributed by atoms with Gasteiger partial charge in [-0.05, 0) is 13.8 Å². The van der Waals surface area contributed by atoms with E-state index in [9.17, 15) is 4.79 Å². The van der Waals surface area contributed by atoms with Crippen molar-refractivity contribution in [2.45, 2.75) is 31.1 Å². The van der Waals surface area contributed by atoms with Gasteiger partial charge in [0.2, 0.25) is 0 Å². The van der Waals surface area contributed by atoms with Gasteiger partial charge in [0.1, 0.15) is 6.04 Å². The van der Waals surface area contributed by atoms with E-state index in [-0.39, 0.29) is 29.6 Å². The number of quaternary nitrogens is 1. The summed E-state index contributed by atoms with van der Waals surface area (Å²) in [5, 5.41) is 8.37. The van der Waals surface area contributed by atoms with E-state index in [1.165, 1.54) is 0 Å². The highest BCUT2D eigenvalue weighted by Gasteiger charge is 2.27. The second kappa shape index (κ2) is 4.85. The first-order valence-corrected chi connectivity index (χ1v) is 3.56. The Kier molecular flexibility index (Phi) is 6.02. The molecule has 3 nitrogen and oxygen atoms in total. The number of rotatable bonds is 3. The summed E-state index contributed by atoms with van der Waals surface area (Å²) in [6.07, 6.45) is 0.0799. The second-order valence-corrected chi connectivity index (χ2v) is 4.10. The van der Waals surface area contributed by atoms with Crippen LogP contribution < -0.4 is 18.1 Å². The van der Waals surface area contributed by atoms with E-state index >= 15 is 0 Å². The quantitative estimate of drug-likeness (QED) is 0.419. The summed E-state index contributed by atoms with van der Waals surface area (Å²) < 4.78 is -0.307. The van der Waals surface area contributed by atoms with Crippen molar-refractivity contribution in [3.05, 3.63) is 0 Å². The van der Waals surface area contributed by atoms with Gasteiger partial charge in [0.05, 0.1) is 11.2 Å². The molecule has 0 heterocycles. The Morgan fingerprint density at radius 1 is 1.73 bits per heavy atom. The molecule has 5 heteroatoms. The van der Waals surface area contributed by atoms with Gasteiger partial charge in [-0.25, -0.2) is 0 Å². The highest BCUT2D eigenvalue weighted by atomic mass is 35.5. The summed E-state index contributed by atoms with van der Waals surface area (Å²) in [4.78, 5) is 10.2. The highest BCUT2D eigenvalue weighted by Crippen LogP contribution is 2.16. The maximum atomic E-state index is 10.2. The van der Waals surface area contributed by atoms with E-state index < -0.39 is 5.97 Å². The van der Waals surface area contributed by atoms with Crippen LogP contribution >= 0.6 is 12.6 Å². The zero-order valence-corrected chi connectivity index (χ0v) is 8.32. The van der Waals surface area contributed by atoms with Crippen molar-refractivity contribution < 1.29 is 28.0 Å². The summed E-state index contributed by atoms with van der Waals surface area (Å²) in [5.41, 5.74) is 3.69. The molecule has 1 atom stereocenters. The van der Waals surface area contributed by atoms with Gasteiger partial charge in [-0.3, -0.25) is 4.79 Å². The Morgan fingerprint density at radius 2 is 2.09 bits per heavy atom. The van der Waals surface area contributed by atoms with Crippen LogP contribution in [-0.4, -0.2) is 21.9 Å². The number of thiol groups is 1. The van der Waals surface area contributed by atoms with Crippen molar-refractivity contribution in [2.24, 2.45) is 0 Å². The Hall–Kier alpha value is 0.0700. The van der Waals surface area contributed by atoms with Crippen LogP contribution in [0.3, 0.4) is 0 Å². The molecule has 1 unspecified atom stereocenters. The first-order valence-electron chi connectivity index (χ1n) is 3.11. The minimum Gasteiger partial charge on any atom is -1.00 e. The summed E-state index contributed by atoms with van der Waals surface area (Å²) in [7, 11) is 0. The molecule has 0 aromatic carbocycles. The number of carboxylic acids is 1. The largest absolute Gasteiger partial charge is 1.00 e. The average molecular weight is 200 g/mol. The highest BCUT2D eigenvalue weighted by molar-refractivity contribution is 7.81. The van der Waals surface area contributed by atoms with Crippen LogP contribution in [0.15, 0.2) is 0 Å². The van der Waals surface area contributed by atoms with Gasteiger partial charge in [0.15, 0.2) is 0 Å². The average Bonchev–Trinajstić information content (AvgIpc) is 1.60. The van der Waals surface area contributed by atoms with Crippen molar-refractivity contribution in [2.75, 3.05) is 0 Å². The predicted octanol–water partition coefficient (Wildman–Crippen LogP) is -3.22. The molecule has 0 aromatic rings. The van der Waals surface area contributed by atoms with Gasteiger partial charge < -0.3 is 23.2 Å². The third kappa shape index (κ3) is 6.47. The zero-order valence-electron chi connectivity index (χ0n) is 6.67. The van der Waals surface area contributed by atoms with Crippen molar-refractivity contribution >= 4 is 18.6 Å². The molecular formula is C6H14ClNO2S. The van der Waals surface area contributed by atoms with Crippen LogP contribution in [0, 0.1) is 0 Å².